The van der Waals surface area contributed by atoms with E-state index < -0.39 is 9.84 Å². The predicted molar refractivity (Wildman–Crippen MR) is 105 cm³/mol. The summed E-state index contributed by atoms with van der Waals surface area (Å²) in [6.45, 7) is 3.60. The van der Waals surface area contributed by atoms with Crippen molar-refractivity contribution in [1.29, 1.82) is 0 Å². The molecule has 6 nitrogen and oxygen atoms in total. The molecule has 0 aliphatic carbocycles. The first-order valence-corrected chi connectivity index (χ1v) is 11.2. The van der Waals surface area contributed by atoms with Crippen LogP contribution in [-0.2, 0) is 14.6 Å². The smallest absolute Gasteiger partial charge is 0.223 e. The summed E-state index contributed by atoms with van der Waals surface area (Å²) in [5.74, 6) is 0.626. The average Bonchev–Trinajstić information content (AvgIpc) is 2.99. The zero-order valence-corrected chi connectivity index (χ0v) is 16.7. The molecule has 1 aromatic carbocycles. The lowest BCUT2D eigenvalue weighted by Crippen LogP contribution is -2.49. The van der Waals surface area contributed by atoms with Crippen LogP contribution in [0.4, 0.5) is 5.69 Å². The van der Waals surface area contributed by atoms with Crippen LogP contribution in [0.5, 0.6) is 0 Å². The first-order valence-electron chi connectivity index (χ1n) is 9.03. The number of anilines is 1. The van der Waals surface area contributed by atoms with E-state index in [1.807, 2.05) is 41.1 Å². The van der Waals surface area contributed by atoms with Crippen molar-refractivity contribution in [2.24, 2.45) is 0 Å². The molecule has 1 unspecified atom stereocenters. The third-order valence-corrected chi connectivity index (χ3v) is 7.30. The minimum Gasteiger partial charge on any atom is -0.368 e. The van der Waals surface area contributed by atoms with Gasteiger partial charge in [-0.05, 0) is 31.7 Å². The van der Waals surface area contributed by atoms with E-state index >= 15 is 0 Å². The zero-order valence-electron chi connectivity index (χ0n) is 15.1. The Hall–Kier alpha value is -1.31. The molecular weight excluding hydrogens is 374 g/mol. The second kappa shape index (κ2) is 8.15. The summed E-state index contributed by atoms with van der Waals surface area (Å²) in [5, 5.41) is 0.720. The van der Waals surface area contributed by atoms with Gasteiger partial charge in [-0.25, -0.2) is 8.42 Å². The van der Waals surface area contributed by atoms with Gasteiger partial charge in [0.25, 0.3) is 0 Å². The first kappa shape index (κ1) is 19.5. The predicted octanol–water partition coefficient (Wildman–Crippen LogP) is 1.50. The molecule has 2 saturated heterocycles. The van der Waals surface area contributed by atoms with Gasteiger partial charge < -0.3 is 14.7 Å². The van der Waals surface area contributed by atoms with Gasteiger partial charge >= 0.3 is 0 Å². The second-order valence-electron chi connectivity index (χ2n) is 7.14. The number of nitrogens with zero attached hydrogens (tertiary/aromatic N) is 3. The van der Waals surface area contributed by atoms with Gasteiger partial charge in [0, 0.05) is 55.9 Å². The van der Waals surface area contributed by atoms with Crippen LogP contribution in [0, 0.1) is 0 Å². The van der Waals surface area contributed by atoms with Gasteiger partial charge in [-0.1, -0.05) is 17.7 Å². The Morgan fingerprint density at radius 2 is 2.00 bits per heavy atom. The summed E-state index contributed by atoms with van der Waals surface area (Å²) in [5.41, 5.74) is 1.09. The molecule has 0 saturated carbocycles. The van der Waals surface area contributed by atoms with E-state index in [9.17, 15) is 13.2 Å². The minimum absolute atomic E-state index is 0.0486. The van der Waals surface area contributed by atoms with Crippen LogP contribution in [-0.4, -0.2) is 81.4 Å². The van der Waals surface area contributed by atoms with E-state index in [1.54, 1.807) is 0 Å². The number of hydrogen-bond acceptors (Lipinski definition) is 5. The van der Waals surface area contributed by atoms with Crippen molar-refractivity contribution < 1.29 is 13.2 Å². The Kier molecular flexibility index (Phi) is 6.10. The molecule has 2 aliphatic rings. The standard InChI is InChI=1S/C18H26ClN3O3S/c1-20(17-6-12-26(24,25)14-17)7-5-18(23)22-10-8-21(9-11-22)16-4-2-3-15(19)13-16/h2-4,13,17H,5-12,14H2,1H3. The van der Waals surface area contributed by atoms with Crippen molar-refractivity contribution in [1.82, 2.24) is 9.80 Å². The fourth-order valence-electron chi connectivity index (χ4n) is 3.62. The van der Waals surface area contributed by atoms with E-state index in [2.05, 4.69) is 4.90 Å². The number of sulfone groups is 1. The van der Waals surface area contributed by atoms with E-state index in [4.69, 9.17) is 11.6 Å². The number of carbonyl (C=O) groups excluding carboxylic acids is 1. The van der Waals surface area contributed by atoms with Crippen molar-refractivity contribution in [2.75, 3.05) is 56.2 Å². The van der Waals surface area contributed by atoms with Gasteiger partial charge in [0.1, 0.15) is 0 Å². The molecule has 26 heavy (non-hydrogen) atoms. The number of amides is 1. The van der Waals surface area contributed by atoms with Crippen molar-refractivity contribution in [3.63, 3.8) is 0 Å². The molecule has 0 aromatic heterocycles. The van der Waals surface area contributed by atoms with E-state index in [-0.39, 0.29) is 23.5 Å². The van der Waals surface area contributed by atoms with Crippen LogP contribution >= 0.6 is 11.6 Å². The maximum atomic E-state index is 12.5. The van der Waals surface area contributed by atoms with E-state index in [0.29, 0.717) is 32.5 Å². The SMILES string of the molecule is CN(CCC(=O)N1CCN(c2cccc(Cl)c2)CC1)C1CCS(=O)(=O)C1. The Morgan fingerprint density at radius 3 is 2.62 bits per heavy atom. The highest BCUT2D eigenvalue weighted by Gasteiger charge is 2.31. The normalized spacial score (nSPS) is 22.8. The number of hydrogen-bond donors (Lipinski definition) is 0. The van der Waals surface area contributed by atoms with Crippen molar-refractivity contribution in [3.8, 4) is 0 Å². The summed E-state index contributed by atoms with van der Waals surface area (Å²) in [7, 11) is -0.974. The summed E-state index contributed by atoms with van der Waals surface area (Å²) in [6, 6.07) is 7.83. The van der Waals surface area contributed by atoms with Gasteiger partial charge in [-0.3, -0.25) is 4.79 Å². The first-order chi connectivity index (χ1) is 12.3. The highest BCUT2D eigenvalue weighted by Crippen LogP contribution is 2.21. The number of halogens is 1. The number of benzene rings is 1. The summed E-state index contributed by atoms with van der Waals surface area (Å²) >= 11 is 6.05. The summed E-state index contributed by atoms with van der Waals surface area (Å²) < 4.78 is 23.2. The van der Waals surface area contributed by atoms with E-state index in [0.717, 1.165) is 23.8 Å². The van der Waals surface area contributed by atoms with Gasteiger partial charge in [0.05, 0.1) is 11.5 Å². The lowest BCUT2D eigenvalue weighted by Gasteiger charge is -2.36. The highest BCUT2D eigenvalue weighted by molar-refractivity contribution is 7.91. The lowest BCUT2D eigenvalue weighted by atomic mass is 10.2. The van der Waals surface area contributed by atoms with Gasteiger partial charge in [0.2, 0.25) is 5.91 Å². The van der Waals surface area contributed by atoms with Crippen molar-refractivity contribution in [2.45, 2.75) is 18.9 Å². The average molecular weight is 400 g/mol. The van der Waals surface area contributed by atoms with Crippen molar-refractivity contribution >= 4 is 33.0 Å². The Bertz CT molecular complexity index is 748. The Balaban J connectivity index is 1.44. The van der Waals surface area contributed by atoms with Crippen LogP contribution in [0.2, 0.25) is 5.02 Å². The Morgan fingerprint density at radius 1 is 1.27 bits per heavy atom. The molecule has 0 N–H and O–H groups in total. The molecule has 2 heterocycles. The third kappa shape index (κ3) is 4.90. The second-order valence-corrected chi connectivity index (χ2v) is 9.80. The molecule has 2 aliphatic heterocycles. The van der Waals surface area contributed by atoms with Crippen LogP contribution in [0.25, 0.3) is 0 Å². The lowest BCUT2D eigenvalue weighted by molar-refractivity contribution is -0.131. The molecule has 2 fully saturated rings. The van der Waals surface area contributed by atoms with Gasteiger partial charge in [0.15, 0.2) is 9.84 Å². The van der Waals surface area contributed by atoms with Crippen LogP contribution in [0.3, 0.4) is 0 Å². The highest BCUT2D eigenvalue weighted by atomic mass is 35.5. The number of piperazine rings is 1. The molecule has 0 radical (unpaired) electrons. The minimum atomic E-state index is -2.89. The molecule has 0 bridgehead atoms. The molecule has 3 rings (SSSR count). The zero-order chi connectivity index (χ0) is 18.7. The van der Waals surface area contributed by atoms with Gasteiger partial charge in [-0.2, -0.15) is 0 Å². The molecule has 1 aromatic rings. The van der Waals surface area contributed by atoms with Crippen LogP contribution in [0.15, 0.2) is 24.3 Å². The summed E-state index contributed by atoms with van der Waals surface area (Å²) in [4.78, 5) is 18.6. The van der Waals surface area contributed by atoms with Crippen LogP contribution < -0.4 is 4.90 Å². The summed E-state index contributed by atoms with van der Waals surface area (Å²) in [6.07, 6.45) is 1.11. The monoisotopic (exact) mass is 399 g/mol. The molecule has 1 atom stereocenters. The largest absolute Gasteiger partial charge is 0.368 e. The molecular formula is C18H26ClN3O3S. The molecule has 0 spiro atoms. The van der Waals surface area contributed by atoms with Gasteiger partial charge in [-0.15, -0.1) is 0 Å². The fraction of sp³-hybridized carbons (Fsp3) is 0.611. The Labute approximate surface area is 160 Å². The quantitative estimate of drug-likeness (QED) is 0.750. The topological polar surface area (TPSA) is 60.9 Å². The number of carbonyl (C=O) groups is 1. The molecule has 1 amide bonds. The van der Waals surface area contributed by atoms with E-state index in [1.165, 1.54) is 0 Å². The maximum absolute atomic E-state index is 12.5. The van der Waals surface area contributed by atoms with Crippen LogP contribution in [0.1, 0.15) is 12.8 Å². The number of rotatable bonds is 5. The molecule has 144 valence electrons. The van der Waals surface area contributed by atoms with Crippen molar-refractivity contribution in [3.05, 3.63) is 29.3 Å². The fourth-order valence-corrected chi connectivity index (χ4v) is 5.61. The third-order valence-electron chi connectivity index (χ3n) is 5.32. The molecule has 8 heteroatoms. The maximum Gasteiger partial charge on any atom is 0.223 e.